The lowest BCUT2D eigenvalue weighted by molar-refractivity contribution is 0.397. The van der Waals surface area contributed by atoms with Crippen molar-refractivity contribution >= 4 is 0 Å². The van der Waals surface area contributed by atoms with Crippen LogP contribution in [0.3, 0.4) is 0 Å². The molecule has 2 heterocycles. The predicted octanol–water partition coefficient (Wildman–Crippen LogP) is 1.87. The monoisotopic (exact) mass is 256 g/mol. The molecule has 1 aromatic heterocycles. The molecule has 2 N–H and O–H groups in total. The predicted molar refractivity (Wildman–Crippen MR) is 76.8 cm³/mol. The fourth-order valence-corrected chi connectivity index (χ4v) is 2.58. The van der Waals surface area contributed by atoms with Gasteiger partial charge >= 0.3 is 0 Å². The van der Waals surface area contributed by atoms with E-state index in [0.29, 0.717) is 6.04 Å². The van der Waals surface area contributed by atoms with Crippen LogP contribution in [0.2, 0.25) is 0 Å². The third kappa shape index (κ3) is 3.03. The second-order valence-electron chi connectivity index (χ2n) is 5.30. The summed E-state index contributed by atoms with van der Waals surface area (Å²) in [6.07, 6.45) is 3.03. The van der Waals surface area contributed by atoms with Crippen LogP contribution in [-0.2, 0) is 6.54 Å². The van der Waals surface area contributed by atoms with Gasteiger partial charge in [0.25, 0.3) is 0 Å². The lowest BCUT2D eigenvalue weighted by atomic mass is 10.1. The normalized spacial score (nSPS) is 19.9. The Balaban J connectivity index is 1.57. The van der Waals surface area contributed by atoms with Crippen LogP contribution in [0.5, 0.6) is 0 Å². The third-order valence-electron chi connectivity index (χ3n) is 3.75. The molecule has 1 unspecified atom stereocenters. The minimum Gasteiger partial charge on any atom is -0.309 e. The fraction of sp³-hybridized carbons (Fsp3) is 0.400. The second-order valence-corrected chi connectivity index (χ2v) is 5.30. The van der Waals surface area contributed by atoms with Gasteiger partial charge < -0.3 is 10.2 Å². The molecule has 4 heteroatoms. The molecule has 1 saturated heterocycles. The van der Waals surface area contributed by atoms with Crippen molar-refractivity contribution in [2.75, 3.05) is 20.1 Å². The van der Waals surface area contributed by atoms with Gasteiger partial charge in [0.1, 0.15) is 0 Å². The van der Waals surface area contributed by atoms with Crippen molar-refractivity contribution in [3.63, 3.8) is 0 Å². The first-order valence-electron chi connectivity index (χ1n) is 6.82. The summed E-state index contributed by atoms with van der Waals surface area (Å²) in [6.45, 7) is 3.31. The first-order valence-corrected chi connectivity index (χ1v) is 6.82. The van der Waals surface area contributed by atoms with Crippen LogP contribution < -0.4 is 5.32 Å². The fourth-order valence-electron chi connectivity index (χ4n) is 2.58. The molecule has 0 radical (unpaired) electrons. The lowest BCUT2D eigenvalue weighted by Crippen LogP contribution is -2.30. The Morgan fingerprint density at radius 3 is 2.79 bits per heavy atom. The zero-order valence-corrected chi connectivity index (χ0v) is 11.3. The number of rotatable bonds is 4. The number of aromatic amines is 1. The van der Waals surface area contributed by atoms with E-state index in [1.54, 1.807) is 6.20 Å². The molecule has 3 rings (SSSR count). The van der Waals surface area contributed by atoms with E-state index in [2.05, 4.69) is 51.7 Å². The molecular weight excluding hydrogens is 236 g/mol. The Hall–Kier alpha value is -1.65. The highest BCUT2D eigenvalue weighted by Crippen LogP contribution is 2.16. The molecule has 1 aliphatic heterocycles. The molecule has 1 aromatic carbocycles. The van der Waals surface area contributed by atoms with Crippen LogP contribution >= 0.6 is 0 Å². The van der Waals surface area contributed by atoms with Crippen molar-refractivity contribution in [2.24, 2.45) is 0 Å². The summed E-state index contributed by atoms with van der Waals surface area (Å²) in [5, 5.41) is 10.6. The van der Waals surface area contributed by atoms with Crippen molar-refractivity contribution in [3.8, 4) is 11.3 Å². The van der Waals surface area contributed by atoms with E-state index in [1.165, 1.54) is 24.1 Å². The molecule has 0 bridgehead atoms. The van der Waals surface area contributed by atoms with Crippen LogP contribution in [0.25, 0.3) is 11.3 Å². The number of nitrogens with zero attached hydrogens (tertiary/aromatic N) is 2. The minimum absolute atomic E-state index is 0.636. The lowest BCUT2D eigenvalue weighted by Gasteiger charge is -2.12. The van der Waals surface area contributed by atoms with Crippen molar-refractivity contribution < 1.29 is 0 Å². The Bertz CT molecular complexity index is 503. The van der Waals surface area contributed by atoms with Crippen molar-refractivity contribution in [3.05, 3.63) is 42.1 Å². The summed E-state index contributed by atoms with van der Waals surface area (Å²) in [4.78, 5) is 2.37. The maximum Gasteiger partial charge on any atom is 0.0650 e. The second kappa shape index (κ2) is 5.55. The van der Waals surface area contributed by atoms with Gasteiger partial charge in [-0.05, 0) is 37.2 Å². The van der Waals surface area contributed by atoms with Crippen LogP contribution in [-0.4, -0.2) is 41.3 Å². The number of nitrogens with one attached hydrogen (secondary N) is 2. The largest absolute Gasteiger partial charge is 0.309 e. The molecule has 0 spiro atoms. The number of likely N-dealkylation sites (tertiary alicyclic amines) is 1. The number of H-pyrrole nitrogens is 1. The number of hydrogen-bond acceptors (Lipinski definition) is 3. The zero-order valence-electron chi connectivity index (χ0n) is 11.3. The molecule has 0 amide bonds. The van der Waals surface area contributed by atoms with E-state index in [4.69, 9.17) is 0 Å². The zero-order chi connectivity index (χ0) is 13.1. The molecule has 2 aromatic rings. The van der Waals surface area contributed by atoms with Gasteiger partial charge in [-0.3, -0.25) is 5.10 Å². The SMILES string of the molecule is CN1CCC(NCc2ccc(-c3ccn[nH]3)cc2)C1. The van der Waals surface area contributed by atoms with Gasteiger partial charge in [0, 0.05) is 25.3 Å². The Labute approximate surface area is 113 Å². The highest BCUT2D eigenvalue weighted by atomic mass is 15.2. The molecular formula is C15H20N4. The summed E-state index contributed by atoms with van der Waals surface area (Å²) in [5.41, 5.74) is 3.58. The van der Waals surface area contributed by atoms with Crippen molar-refractivity contribution in [2.45, 2.75) is 19.0 Å². The Morgan fingerprint density at radius 2 is 2.16 bits per heavy atom. The average Bonchev–Trinajstić information content (AvgIpc) is 3.08. The van der Waals surface area contributed by atoms with Gasteiger partial charge in [-0.25, -0.2) is 0 Å². The smallest absolute Gasteiger partial charge is 0.0650 e. The molecule has 1 aliphatic rings. The van der Waals surface area contributed by atoms with Gasteiger partial charge in [0.2, 0.25) is 0 Å². The van der Waals surface area contributed by atoms with Crippen LogP contribution in [0.15, 0.2) is 36.5 Å². The number of likely N-dealkylation sites (N-methyl/N-ethyl adjacent to an activating group) is 1. The molecule has 0 aliphatic carbocycles. The summed E-state index contributed by atoms with van der Waals surface area (Å²) >= 11 is 0. The molecule has 4 nitrogen and oxygen atoms in total. The van der Waals surface area contributed by atoms with Gasteiger partial charge in [-0.2, -0.15) is 5.10 Å². The maximum absolute atomic E-state index is 3.97. The van der Waals surface area contributed by atoms with Crippen LogP contribution in [0.1, 0.15) is 12.0 Å². The van der Waals surface area contributed by atoms with Crippen LogP contribution in [0, 0.1) is 0 Å². The first-order chi connectivity index (χ1) is 9.31. The molecule has 100 valence electrons. The Kier molecular flexibility index (Phi) is 3.62. The maximum atomic E-state index is 3.97. The highest BCUT2D eigenvalue weighted by Gasteiger charge is 2.18. The average molecular weight is 256 g/mol. The van der Waals surface area contributed by atoms with E-state index in [-0.39, 0.29) is 0 Å². The quantitative estimate of drug-likeness (QED) is 0.877. The van der Waals surface area contributed by atoms with Gasteiger partial charge in [-0.15, -0.1) is 0 Å². The van der Waals surface area contributed by atoms with Gasteiger partial charge in [0.15, 0.2) is 0 Å². The van der Waals surface area contributed by atoms with Crippen LogP contribution in [0.4, 0.5) is 0 Å². The minimum atomic E-state index is 0.636. The summed E-state index contributed by atoms with van der Waals surface area (Å²) in [6, 6.07) is 11.3. The molecule has 0 saturated carbocycles. The summed E-state index contributed by atoms with van der Waals surface area (Å²) in [7, 11) is 2.18. The third-order valence-corrected chi connectivity index (χ3v) is 3.75. The first kappa shape index (κ1) is 12.4. The van der Waals surface area contributed by atoms with Gasteiger partial charge in [0.05, 0.1) is 5.69 Å². The van der Waals surface area contributed by atoms with Gasteiger partial charge in [-0.1, -0.05) is 24.3 Å². The van der Waals surface area contributed by atoms with Crippen molar-refractivity contribution in [1.82, 2.24) is 20.4 Å². The molecule has 1 fully saturated rings. The topological polar surface area (TPSA) is 44.0 Å². The van der Waals surface area contributed by atoms with E-state index < -0.39 is 0 Å². The summed E-state index contributed by atoms with van der Waals surface area (Å²) < 4.78 is 0. The number of aromatic nitrogens is 2. The van der Waals surface area contributed by atoms with E-state index in [9.17, 15) is 0 Å². The number of benzene rings is 1. The standard InChI is InChI=1S/C15H20N4/c1-19-9-7-14(11-19)16-10-12-2-4-13(5-3-12)15-6-8-17-18-15/h2-6,8,14,16H,7,9-11H2,1H3,(H,17,18). The highest BCUT2D eigenvalue weighted by molar-refractivity contribution is 5.58. The van der Waals surface area contributed by atoms with E-state index >= 15 is 0 Å². The Morgan fingerprint density at radius 1 is 1.32 bits per heavy atom. The van der Waals surface area contributed by atoms with Crippen molar-refractivity contribution in [1.29, 1.82) is 0 Å². The number of hydrogen-bond donors (Lipinski definition) is 2. The summed E-state index contributed by atoms with van der Waals surface area (Å²) in [5.74, 6) is 0. The molecule has 1 atom stereocenters. The van der Waals surface area contributed by atoms with E-state index in [0.717, 1.165) is 18.8 Å². The van der Waals surface area contributed by atoms with E-state index in [1.807, 2.05) is 6.07 Å². The molecule has 19 heavy (non-hydrogen) atoms.